The van der Waals surface area contributed by atoms with Crippen molar-refractivity contribution in [2.24, 2.45) is 0 Å². The second-order valence-corrected chi connectivity index (χ2v) is 5.84. The molecule has 0 spiro atoms. The van der Waals surface area contributed by atoms with Crippen molar-refractivity contribution < 1.29 is 9.59 Å². The summed E-state index contributed by atoms with van der Waals surface area (Å²) in [5, 5.41) is 2.86. The maximum atomic E-state index is 12.0. The Morgan fingerprint density at radius 1 is 1.12 bits per heavy atom. The van der Waals surface area contributed by atoms with E-state index in [-0.39, 0.29) is 18.2 Å². The summed E-state index contributed by atoms with van der Waals surface area (Å²) in [4.78, 5) is 29.6. The molecule has 5 heteroatoms. The number of hydrogen-bond donors (Lipinski definition) is 1. The maximum Gasteiger partial charge on any atom is 0.223 e. The summed E-state index contributed by atoms with van der Waals surface area (Å²) in [5.41, 5.74) is 4.03. The maximum absolute atomic E-state index is 12.0. The summed E-state index contributed by atoms with van der Waals surface area (Å²) in [6.45, 7) is 6.34. The third-order valence-electron chi connectivity index (χ3n) is 3.82. The second kappa shape index (κ2) is 8.24. The molecule has 2 amide bonds. The topological polar surface area (TPSA) is 62.3 Å². The monoisotopic (exact) mass is 325 g/mol. The van der Waals surface area contributed by atoms with Crippen molar-refractivity contribution in [2.45, 2.75) is 33.7 Å². The number of benzene rings is 1. The molecule has 1 heterocycles. The van der Waals surface area contributed by atoms with E-state index in [9.17, 15) is 9.59 Å². The van der Waals surface area contributed by atoms with E-state index >= 15 is 0 Å². The first-order chi connectivity index (χ1) is 11.5. The zero-order chi connectivity index (χ0) is 17.5. The van der Waals surface area contributed by atoms with Gasteiger partial charge in [-0.05, 0) is 43.2 Å². The van der Waals surface area contributed by atoms with Gasteiger partial charge in [-0.2, -0.15) is 0 Å². The normalized spacial score (nSPS) is 10.3. The highest BCUT2D eigenvalue weighted by atomic mass is 16.2. The summed E-state index contributed by atoms with van der Waals surface area (Å²) in [6, 6.07) is 9.66. The summed E-state index contributed by atoms with van der Waals surface area (Å²) in [5.74, 6) is -0.147. The molecule has 1 aromatic carbocycles. The van der Waals surface area contributed by atoms with Crippen molar-refractivity contribution in [3.63, 3.8) is 0 Å². The summed E-state index contributed by atoms with van der Waals surface area (Å²) < 4.78 is 0. The second-order valence-electron chi connectivity index (χ2n) is 5.84. The molecule has 126 valence electrons. The minimum atomic E-state index is -0.0807. The minimum absolute atomic E-state index is 0.0658. The highest BCUT2D eigenvalue weighted by Crippen LogP contribution is 2.21. The first kappa shape index (κ1) is 17.7. The van der Waals surface area contributed by atoms with Gasteiger partial charge in [0.25, 0.3) is 0 Å². The van der Waals surface area contributed by atoms with Gasteiger partial charge in [-0.15, -0.1) is 0 Å². The molecule has 1 N–H and O–H groups in total. The molecular formula is C19H23N3O2. The van der Waals surface area contributed by atoms with Crippen LogP contribution in [0.3, 0.4) is 0 Å². The first-order valence-corrected chi connectivity index (χ1v) is 7.98. The van der Waals surface area contributed by atoms with E-state index in [2.05, 4.69) is 10.3 Å². The van der Waals surface area contributed by atoms with Crippen LogP contribution in [0.2, 0.25) is 0 Å². The Hall–Kier alpha value is -2.69. The predicted octanol–water partition coefficient (Wildman–Crippen LogP) is 2.76. The molecule has 0 saturated carbocycles. The average Bonchev–Trinajstić information content (AvgIpc) is 2.55. The van der Waals surface area contributed by atoms with E-state index in [0.717, 1.165) is 22.4 Å². The van der Waals surface area contributed by atoms with Gasteiger partial charge in [0, 0.05) is 44.5 Å². The minimum Gasteiger partial charge on any atom is -0.352 e. The average molecular weight is 325 g/mol. The van der Waals surface area contributed by atoms with E-state index < -0.39 is 0 Å². The fourth-order valence-corrected chi connectivity index (χ4v) is 2.56. The van der Waals surface area contributed by atoms with Gasteiger partial charge in [-0.3, -0.25) is 14.6 Å². The van der Waals surface area contributed by atoms with Crippen LogP contribution in [-0.4, -0.2) is 23.3 Å². The molecule has 0 fully saturated rings. The number of nitrogens with one attached hydrogen (secondary N) is 1. The molecule has 0 saturated heterocycles. The van der Waals surface area contributed by atoms with Crippen LogP contribution < -0.4 is 10.2 Å². The summed E-state index contributed by atoms with van der Waals surface area (Å²) >= 11 is 0. The lowest BCUT2D eigenvalue weighted by Crippen LogP contribution is -2.34. The largest absolute Gasteiger partial charge is 0.352 e. The van der Waals surface area contributed by atoms with Gasteiger partial charge in [0.05, 0.1) is 0 Å². The Labute approximate surface area is 142 Å². The van der Waals surface area contributed by atoms with Crippen LogP contribution >= 0.6 is 0 Å². The Morgan fingerprint density at radius 3 is 2.46 bits per heavy atom. The molecule has 0 aliphatic rings. The molecule has 2 rings (SSSR count). The fourth-order valence-electron chi connectivity index (χ4n) is 2.56. The van der Waals surface area contributed by atoms with Crippen molar-refractivity contribution in [2.75, 3.05) is 11.4 Å². The molecule has 0 unspecified atom stereocenters. The number of hydrogen-bond acceptors (Lipinski definition) is 3. The Morgan fingerprint density at radius 2 is 1.83 bits per heavy atom. The van der Waals surface area contributed by atoms with Crippen LogP contribution in [0.25, 0.3) is 0 Å². The Kier molecular flexibility index (Phi) is 6.07. The quantitative estimate of drug-likeness (QED) is 0.888. The number of amides is 2. The van der Waals surface area contributed by atoms with Gasteiger partial charge < -0.3 is 10.2 Å². The first-order valence-electron chi connectivity index (χ1n) is 7.98. The molecule has 0 atom stereocenters. The van der Waals surface area contributed by atoms with Crippen LogP contribution in [0.1, 0.15) is 30.0 Å². The fraction of sp³-hybridized carbons (Fsp3) is 0.316. The van der Waals surface area contributed by atoms with Crippen molar-refractivity contribution >= 4 is 17.5 Å². The third-order valence-corrected chi connectivity index (χ3v) is 3.82. The number of nitrogens with zero attached hydrogens (tertiary/aromatic N) is 2. The van der Waals surface area contributed by atoms with Gasteiger partial charge >= 0.3 is 0 Å². The predicted molar refractivity (Wildman–Crippen MR) is 94.6 cm³/mol. The van der Waals surface area contributed by atoms with E-state index in [1.165, 1.54) is 6.92 Å². The van der Waals surface area contributed by atoms with E-state index in [1.807, 2.05) is 44.2 Å². The van der Waals surface area contributed by atoms with Gasteiger partial charge in [0.1, 0.15) is 0 Å². The summed E-state index contributed by atoms with van der Waals surface area (Å²) in [7, 11) is 0. The highest BCUT2D eigenvalue weighted by Gasteiger charge is 2.15. The number of anilines is 1. The zero-order valence-corrected chi connectivity index (χ0v) is 14.4. The molecule has 1 aromatic heterocycles. The van der Waals surface area contributed by atoms with Crippen LogP contribution in [0.4, 0.5) is 5.69 Å². The van der Waals surface area contributed by atoms with Crippen LogP contribution in [0, 0.1) is 13.8 Å². The smallest absolute Gasteiger partial charge is 0.223 e. The lowest BCUT2D eigenvalue weighted by molar-refractivity contribution is -0.121. The number of aryl methyl sites for hydroxylation is 2. The number of carbonyl (C=O) groups excluding carboxylic acids is 2. The van der Waals surface area contributed by atoms with Crippen LogP contribution in [0.5, 0.6) is 0 Å². The Balaban J connectivity index is 1.94. The standard InChI is InChI=1S/C19H23N3O2/c1-14-4-5-18(15(2)12-14)22(16(3)23)11-8-19(24)21-13-17-6-9-20-10-7-17/h4-7,9-10,12H,8,11,13H2,1-3H3,(H,21,24). The van der Waals surface area contributed by atoms with E-state index in [0.29, 0.717) is 13.1 Å². The molecule has 24 heavy (non-hydrogen) atoms. The van der Waals surface area contributed by atoms with Gasteiger partial charge in [-0.25, -0.2) is 0 Å². The van der Waals surface area contributed by atoms with Crippen molar-refractivity contribution in [1.29, 1.82) is 0 Å². The van der Waals surface area contributed by atoms with Crippen molar-refractivity contribution in [3.8, 4) is 0 Å². The molecule has 5 nitrogen and oxygen atoms in total. The lowest BCUT2D eigenvalue weighted by Gasteiger charge is -2.23. The highest BCUT2D eigenvalue weighted by molar-refractivity contribution is 5.93. The molecule has 0 aliphatic heterocycles. The van der Waals surface area contributed by atoms with Crippen molar-refractivity contribution in [3.05, 3.63) is 59.4 Å². The third kappa shape index (κ3) is 4.91. The number of rotatable bonds is 6. The molecule has 0 radical (unpaired) electrons. The summed E-state index contributed by atoms with van der Waals surface area (Å²) in [6.07, 6.45) is 3.65. The Bertz CT molecular complexity index is 714. The van der Waals surface area contributed by atoms with E-state index in [1.54, 1.807) is 17.3 Å². The number of aromatic nitrogens is 1. The van der Waals surface area contributed by atoms with E-state index in [4.69, 9.17) is 0 Å². The lowest BCUT2D eigenvalue weighted by atomic mass is 10.1. The SMILES string of the molecule is CC(=O)N(CCC(=O)NCc1ccncc1)c1ccc(C)cc1C. The van der Waals surface area contributed by atoms with Crippen LogP contribution in [0.15, 0.2) is 42.7 Å². The van der Waals surface area contributed by atoms with Gasteiger partial charge in [0.15, 0.2) is 0 Å². The molecular weight excluding hydrogens is 302 g/mol. The molecule has 0 aliphatic carbocycles. The zero-order valence-electron chi connectivity index (χ0n) is 14.4. The number of carbonyl (C=O) groups is 2. The number of pyridine rings is 1. The molecule has 0 bridgehead atoms. The van der Waals surface area contributed by atoms with Gasteiger partial charge in [-0.1, -0.05) is 17.7 Å². The van der Waals surface area contributed by atoms with Crippen molar-refractivity contribution in [1.82, 2.24) is 10.3 Å². The molecule has 2 aromatic rings. The van der Waals surface area contributed by atoms with Gasteiger partial charge in [0.2, 0.25) is 11.8 Å². The van der Waals surface area contributed by atoms with Crippen LogP contribution in [-0.2, 0) is 16.1 Å².